The second kappa shape index (κ2) is 12.3. The summed E-state index contributed by atoms with van der Waals surface area (Å²) in [6.45, 7) is 11.1. The molecule has 7 nitrogen and oxygen atoms in total. The van der Waals surface area contributed by atoms with Crippen LogP contribution in [0.15, 0.2) is 23.8 Å². The molecule has 41 heavy (non-hydrogen) atoms. The van der Waals surface area contributed by atoms with Gasteiger partial charge >= 0.3 is 5.97 Å². The fourth-order valence-electron chi connectivity index (χ4n) is 5.93. The monoisotopic (exact) mass is 581 g/mol. The molecule has 2 aliphatic rings. The van der Waals surface area contributed by atoms with E-state index in [2.05, 4.69) is 17.8 Å². The maximum absolute atomic E-state index is 13.6. The van der Waals surface area contributed by atoms with Crippen LogP contribution in [-0.2, 0) is 19.1 Å². The van der Waals surface area contributed by atoms with E-state index < -0.39 is 35.6 Å². The topological polar surface area (TPSA) is 109 Å². The summed E-state index contributed by atoms with van der Waals surface area (Å²) >= 11 is 1.65. The number of ether oxygens (including phenoxy) is 2. The molecule has 222 valence electrons. The van der Waals surface area contributed by atoms with Crippen molar-refractivity contribution in [3.8, 4) is 12.3 Å². The Morgan fingerprint density at radius 1 is 1.27 bits per heavy atom. The number of aliphatic hydroxyl groups excluding tert-OH is 2. The van der Waals surface area contributed by atoms with E-state index in [9.17, 15) is 19.8 Å². The van der Waals surface area contributed by atoms with Gasteiger partial charge < -0.3 is 19.7 Å². The number of esters is 1. The SMILES string of the molecule is C#CC[C@H]1C(=O)C(C)(C)[C@@H](O)CC(=O)O[C@H](/C(C)=C/c2ccc3sc(C)nc3c2)CC2OC2(C)CCC[C@H](C)[C@H]1O. The molecular formula is C33H43NO6S. The van der Waals surface area contributed by atoms with Crippen LogP contribution in [0.25, 0.3) is 16.3 Å². The molecule has 4 rings (SSSR count). The van der Waals surface area contributed by atoms with Gasteiger partial charge in [0.25, 0.3) is 0 Å². The van der Waals surface area contributed by atoms with Crippen LogP contribution in [-0.4, -0.2) is 57.0 Å². The highest BCUT2D eigenvalue weighted by molar-refractivity contribution is 7.18. The van der Waals surface area contributed by atoms with Gasteiger partial charge in [-0.3, -0.25) is 9.59 Å². The molecule has 2 fully saturated rings. The molecular weight excluding hydrogens is 538 g/mol. The minimum absolute atomic E-state index is 0.0617. The molecule has 2 aromatic rings. The standard InChI is InChI=1S/C33H43NO6S/c1-8-10-23-30(37)19(2)11-9-14-33(7)28(40-33)17-25(39-29(36)18-27(35)32(5,6)31(23)38)20(3)15-22-12-13-26-24(16-22)34-21(4)41-26/h1,12-13,15-16,19,23,25,27-28,30,35,37H,9-11,14,17-18H2,2-7H3/b20-15+/t19-,23+,25-,27-,28?,30+,33?/m0/s1. The van der Waals surface area contributed by atoms with Crippen molar-refractivity contribution in [1.82, 2.24) is 4.98 Å². The zero-order valence-corrected chi connectivity index (χ0v) is 25.8. The van der Waals surface area contributed by atoms with Gasteiger partial charge in [-0.1, -0.05) is 39.3 Å². The fraction of sp³-hybridized carbons (Fsp3) is 0.606. The maximum atomic E-state index is 13.6. The number of aromatic nitrogens is 1. The predicted molar refractivity (Wildman–Crippen MR) is 161 cm³/mol. The van der Waals surface area contributed by atoms with Crippen molar-refractivity contribution >= 4 is 39.4 Å². The summed E-state index contributed by atoms with van der Waals surface area (Å²) in [4.78, 5) is 31.4. The maximum Gasteiger partial charge on any atom is 0.309 e. The van der Waals surface area contributed by atoms with Crippen LogP contribution in [0.1, 0.15) is 83.7 Å². The third-order valence-corrected chi connectivity index (χ3v) is 9.94. The number of benzene rings is 1. The van der Waals surface area contributed by atoms with Crippen LogP contribution in [0.2, 0.25) is 0 Å². The van der Waals surface area contributed by atoms with E-state index in [0.717, 1.165) is 39.2 Å². The Hall–Kier alpha value is -2.57. The molecule has 2 unspecified atom stereocenters. The quantitative estimate of drug-likeness (QED) is 0.275. The number of Topliss-reactive ketones (excluding diaryl/α,β-unsaturated/α-hetero) is 1. The first kappa shape index (κ1) is 31.4. The average Bonchev–Trinajstić information content (AvgIpc) is 3.37. The van der Waals surface area contributed by atoms with Crippen molar-refractivity contribution in [3.63, 3.8) is 0 Å². The molecule has 1 aromatic heterocycles. The number of rotatable bonds is 3. The number of hydrogen-bond donors (Lipinski definition) is 2. The molecule has 0 spiro atoms. The van der Waals surface area contributed by atoms with Crippen LogP contribution < -0.4 is 0 Å². The highest BCUT2D eigenvalue weighted by Gasteiger charge is 2.53. The molecule has 0 saturated carbocycles. The third-order valence-electron chi connectivity index (χ3n) is 8.99. The smallest absolute Gasteiger partial charge is 0.309 e. The average molecular weight is 582 g/mol. The fourth-order valence-corrected chi connectivity index (χ4v) is 6.74. The second-order valence-corrected chi connectivity index (χ2v) is 13.9. The summed E-state index contributed by atoms with van der Waals surface area (Å²) in [5.41, 5.74) is 1.10. The van der Waals surface area contributed by atoms with Gasteiger partial charge in [0.2, 0.25) is 0 Å². The minimum atomic E-state index is -1.31. The number of carbonyl (C=O) groups is 2. The highest BCUT2D eigenvalue weighted by atomic mass is 32.1. The molecule has 2 N–H and O–H groups in total. The van der Waals surface area contributed by atoms with Gasteiger partial charge in [-0.15, -0.1) is 23.7 Å². The van der Waals surface area contributed by atoms with Gasteiger partial charge in [0.15, 0.2) is 0 Å². The van der Waals surface area contributed by atoms with E-state index >= 15 is 0 Å². The molecule has 0 aliphatic carbocycles. The molecule has 7 atom stereocenters. The molecule has 8 heteroatoms. The first-order valence-electron chi connectivity index (χ1n) is 14.5. The number of hydrogen-bond acceptors (Lipinski definition) is 8. The molecule has 0 radical (unpaired) electrons. The van der Waals surface area contributed by atoms with E-state index in [0.29, 0.717) is 12.8 Å². The van der Waals surface area contributed by atoms with Crippen molar-refractivity contribution in [2.75, 3.05) is 0 Å². The summed E-state index contributed by atoms with van der Waals surface area (Å²) in [5, 5.41) is 23.2. The van der Waals surface area contributed by atoms with E-state index in [1.54, 1.807) is 25.2 Å². The predicted octanol–water partition coefficient (Wildman–Crippen LogP) is 5.63. The Kier molecular flexibility index (Phi) is 9.45. The van der Waals surface area contributed by atoms with Crippen molar-refractivity contribution in [1.29, 1.82) is 0 Å². The number of terminal acetylenes is 1. The van der Waals surface area contributed by atoms with Crippen LogP contribution in [0.4, 0.5) is 0 Å². The van der Waals surface area contributed by atoms with Gasteiger partial charge in [0.05, 0.1) is 56.9 Å². The number of ketones is 1. The molecule has 1 aromatic carbocycles. The van der Waals surface area contributed by atoms with Gasteiger partial charge in [-0.2, -0.15) is 0 Å². The molecule has 3 heterocycles. The zero-order valence-electron chi connectivity index (χ0n) is 25.0. The lowest BCUT2D eigenvalue weighted by Crippen LogP contribution is -2.46. The Bertz CT molecular complexity index is 1360. The van der Waals surface area contributed by atoms with Crippen LogP contribution in [0.5, 0.6) is 0 Å². The van der Waals surface area contributed by atoms with Crippen molar-refractivity contribution < 1.29 is 29.3 Å². The number of nitrogens with zero attached hydrogens (tertiary/aromatic N) is 1. The lowest BCUT2D eigenvalue weighted by Gasteiger charge is -2.35. The van der Waals surface area contributed by atoms with Crippen LogP contribution in [0.3, 0.4) is 0 Å². The van der Waals surface area contributed by atoms with Gasteiger partial charge in [0.1, 0.15) is 11.9 Å². The van der Waals surface area contributed by atoms with E-state index in [-0.39, 0.29) is 36.2 Å². The first-order valence-corrected chi connectivity index (χ1v) is 15.3. The summed E-state index contributed by atoms with van der Waals surface area (Å²) < 4.78 is 13.2. The zero-order chi connectivity index (χ0) is 30.1. The van der Waals surface area contributed by atoms with Gasteiger partial charge in [-0.05, 0) is 62.8 Å². The van der Waals surface area contributed by atoms with Crippen LogP contribution >= 0.6 is 11.3 Å². The van der Waals surface area contributed by atoms with Crippen molar-refractivity contribution in [3.05, 3.63) is 34.3 Å². The van der Waals surface area contributed by atoms with E-state index in [4.69, 9.17) is 15.9 Å². The van der Waals surface area contributed by atoms with Gasteiger partial charge in [0, 0.05) is 12.8 Å². The Labute approximate surface area is 247 Å². The number of carbonyl (C=O) groups excluding carboxylic acids is 2. The Balaban J connectivity index is 1.61. The Morgan fingerprint density at radius 2 is 2.00 bits per heavy atom. The highest BCUT2D eigenvalue weighted by Crippen LogP contribution is 2.45. The molecule has 2 saturated heterocycles. The van der Waals surface area contributed by atoms with Crippen LogP contribution in [0, 0.1) is 36.5 Å². The number of cyclic esters (lactones) is 1. The lowest BCUT2D eigenvalue weighted by atomic mass is 9.71. The van der Waals surface area contributed by atoms with Crippen molar-refractivity contribution in [2.45, 2.75) is 110 Å². The lowest BCUT2D eigenvalue weighted by molar-refractivity contribution is -0.154. The molecule has 2 aliphatic heterocycles. The number of aryl methyl sites for hydroxylation is 1. The molecule has 0 bridgehead atoms. The summed E-state index contributed by atoms with van der Waals surface area (Å²) in [7, 11) is 0. The summed E-state index contributed by atoms with van der Waals surface area (Å²) in [6.07, 6.45) is 7.17. The normalized spacial score (nSPS) is 33.6. The largest absolute Gasteiger partial charge is 0.458 e. The number of fused-ring (bicyclic) bond motifs is 2. The number of aliphatic hydroxyl groups is 2. The molecule has 0 amide bonds. The first-order chi connectivity index (χ1) is 19.2. The second-order valence-electron chi connectivity index (χ2n) is 12.7. The van der Waals surface area contributed by atoms with E-state index in [1.807, 2.05) is 45.0 Å². The number of epoxide rings is 1. The summed E-state index contributed by atoms with van der Waals surface area (Å²) in [6, 6.07) is 6.10. The minimum Gasteiger partial charge on any atom is -0.458 e. The third kappa shape index (κ3) is 7.09. The number of thiazole rings is 1. The summed E-state index contributed by atoms with van der Waals surface area (Å²) in [5.74, 6) is 0.574. The van der Waals surface area contributed by atoms with Gasteiger partial charge in [-0.25, -0.2) is 4.98 Å². The van der Waals surface area contributed by atoms with E-state index in [1.165, 1.54) is 0 Å². The van der Waals surface area contributed by atoms with Crippen molar-refractivity contribution in [2.24, 2.45) is 17.3 Å². The Morgan fingerprint density at radius 3 is 2.71 bits per heavy atom.